The first-order valence-electron chi connectivity index (χ1n) is 7.53. The third-order valence-corrected chi connectivity index (χ3v) is 4.44. The second kappa shape index (κ2) is 5.20. The van der Waals surface area contributed by atoms with Crippen LogP contribution in [0.5, 0.6) is 0 Å². The summed E-state index contributed by atoms with van der Waals surface area (Å²) in [5.74, 6) is -0.646. The lowest BCUT2D eigenvalue weighted by Gasteiger charge is -2.18. The minimum atomic E-state index is -4.54. The summed E-state index contributed by atoms with van der Waals surface area (Å²) in [7, 11) is 0. The van der Waals surface area contributed by atoms with Gasteiger partial charge in [0.15, 0.2) is 0 Å². The Balaban J connectivity index is 2.06. The van der Waals surface area contributed by atoms with E-state index in [0.29, 0.717) is 12.0 Å². The summed E-state index contributed by atoms with van der Waals surface area (Å²) in [6.07, 6.45) is -4.17. The maximum Gasteiger partial charge on any atom is 0.417 e. The third kappa shape index (κ3) is 2.21. The fourth-order valence-electron chi connectivity index (χ4n) is 3.42. The minimum absolute atomic E-state index is 0.00511. The first kappa shape index (κ1) is 14.9. The Morgan fingerprint density at radius 3 is 2.08 bits per heavy atom. The second-order valence-corrected chi connectivity index (χ2v) is 5.83. The molecule has 0 N–H and O–H groups in total. The van der Waals surface area contributed by atoms with Gasteiger partial charge in [-0.25, -0.2) is 4.39 Å². The van der Waals surface area contributed by atoms with Crippen molar-refractivity contribution >= 4 is 0 Å². The minimum Gasteiger partial charge on any atom is -0.206 e. The molecular formula is C20H12F4. The average Bonchev–Trinajstić information content (AvgIpc) is 2.92. The van der Waals surface area contributed by atoms with Crippen molar-refractivity contribution in [2.75, 3.05) is 0 Å². The molecule has 0 heterocycles. The van der Waals surface area contributed by atoms with E-state index in [-0.39, 0.29) is 11.1 Å². The molecule has 0 atom stereocenters. The quantitative estimate of drug-likeness (QED) is 0.371. The van der Waals surface area contributed by atoms with Crippen LogP contribution in [0.4, 0.5) is 17.6 Å². The van der Waals surface area contributed by atoms with Gasteiger partial charge in [0.1, 0.15) is 5.82 Å². The molecule has 3 aromatic rings. The normalized spacial score (nSPS) is 12.8. The Labute approximate surface area is 136 Å². The molecule has 1 aliphatic rings. The van der Waals surface area contributed by atoms with Crippen molar-refractivity contribution in [2.24, 2.45) is 0 Å². The van der Waals surface area contributed by atoms with Crippen molar-refractivity contribution in [1.82, 2.24) is 0 Å². The Bertz CT molecular complexity index is 939. The number of rotatable bonds is 1. The number of hydrogen-bond acceptors (Lipinski definition) is 0. The van der Waals surface area contributed by atoms with Gasteiger partial charge in [0.25, 0.3) is 0 Å². The zero-order valence-electron chi connectivity index (χ0n) is 12.5. The summed E-state index contributed by atoms with van der Waals surface area (Å²) in [6.45, 7) is 0. The van der Waals surface area contributed by atoms with E-state index in [0.717, 1.165) is 22.8 Å². The zero-order chi connectivity index (χ0) is 16.9. The van der Waals surface area contributed by atoms with Gasteiger partial charge in [-0.1, -0.05) is 48.5 Å². The molecular weight excluding hydrogens is 316 g/mol. The van der Waals surface area contributed by atoms with Crippen LogP contribution in [0.1, 0.15) is 16.7 Å². The average molecular weight is 328 g/mol. The molecule has 24 heavy (non-hydrogen) atoms. The summed E-state index contributed by atoms with van der Waals surface area (Å²) >= 11 is 0. The first-order chi connectivity index (χ1) is 11.5. The summed E-state index contributed by atoms with van der Waals surface area (Å²) in [6, 6.07) is 15.7. The van der Waals surface area contributed by atoms with Crippen molar-refractivity contribution in [2.45, 2.75) is 12.6 Å². The van der Waals surface area contributed by atoms with Gasteiger partial charge in [-0.05, 0) is 40.8 Å². The lowest BCUT2D eigenvalue weighted by atomic mass is 9.90. The number of alkyl halides is 3. The van der Waals surface area contributed by atoms with Gasteiger partial charge in [0.2, 0.25) is 0 Å². The molecule has 120 valence electrons. The number of hydrogen-bond donors (Lipinski definition) is 0. The van der Waals surface area contributed by atoms with Gasteiger partial charge in [-0.2, -0.15) is 13.2 Å². The van der Waals surface area contributed by atoms with E-state index < -0.39 is 17.6 Å². The third-order valence-electron chi connectivity index (χ3n) is 4.44. The van der Waals surface area contributed by atoms with Crippen molar-refractivity contribution in [3.05, 3.63) is 83.2 Å². The molecule has 3 aromatic carbocycles. The van der Waals surface area contributed by atoms with Crippen LogP contribution in [0.25, 0.3) is 22.3 Å². The first-order valence-corrected chi connectivity index (χ1v) is 7.53. The second-order valence-electron chi connectivity index (χ2n) is 5.83. The molecule has 4 rings (SSSR count). The van der Waals surface area contributed by atoms with E-state index in [2.05, 4.69) is 0 Å². The van der Waals surface area contributed by atoms with E-state index in [1.165, 1.54) is 24.3 Å². The molecule has 0 aromatic heterocycles. The van der Waals surface area contributed by atoms with Crippen LogP contribution >= 0.6 is 0 Å². The van der Waals surface area contributed by atoms with E-state index in [1.807, 2.05) is 24.3 Å². The molecule has 0 radical (unpaired) electrons. The highest BCUT2D eigenvalue weighted by molar-refractivity contribution is 5.86. The monoisotopic (exact) mass is 328 g/mol. The van der Waals surface area contributed by atoms with Gasteiger partial charge >= 0.3 is 6.18 Å². The van der Waals surface area contributed by atoms with E-state index >= 15 is 0 Å². The highest BCUT2D eigenvalue weighted by Gasteiger charge is 2.37. The van der Waals surface area contributed by atoms with Gasteiger partial charge in [-0.15, -0.1) is 0 Å². The van der Waals surface area contributed by atoms with Crippen LogP contribution in [-0.2, 0) is 12.6 Å². The van der Waals surface area contributed by atoms with Crippen LogP contribution in [0, 0.1) is 5.82 Å². The molecule has 0 spiro atoms. The molecule has 0 saturated carbocycles. The predicted octanol–water partition coefficient (Wildman–Crippen LogP) is 6.08. The SMILES string of the molecule is Fc1ccccc1-c1c(C(F)(F)F)ccc2c1Cc1ccccc1-2. The summed E-state index contributed by atoms with van der Waals surface area (Å²) in [4.78, 5) is 0. The molecule has 0 amide bonds. The molecule has 0 aliphatic heterocycles. The van der Waals surface area contributed by atoms with Crippen LogP contribution in [0.3, 0.4) is 0 Å². The smallest absolute Gasteiger partial charge is 0.206 e. The maximum atomic E-state index is 14.3. The zero-order valence-corrected chi connectivity index (χ0v) is 12.5. The predicted molar refractivity (Wildman–Crippen MR) is 85.1 cm³/mol. The topological polar surface area (TPSA) is 0 Å². The van der Waals surface area contributed by atoms with Gasteiger partial charge in [-0.3, -0.25) is 0 Å². The van der Waals surface area contributed by atoms with Crippen LogP contribution in [0.15, 0.2) is 60.7 Å². The fourth-order valence-corrected chi connectivity index (χ4v) is 3.42. The van der Waals surface area contributed by atoms with E-state index in [4.69, 9.17) is 0 Å². The van der Waals surface area contributed by atoms with Crippen molar-refractivity contribution in [3.8, 4) is 22.3 Å². The van der Waals surface area contributed by atoms with Crippen molar-refractivity contribution < 1.29 is 17.6 Å². The van der Waals surface area contributed by atoms with Crippen LogP contribution in [0.2, 0.25) is 0 Å². The van der Waals surface area contributed by atoms with Gasteiger partial charge in [0.05, 0.1) is 5.56 Å². The van der Waals surface area contributed by atoms with E-state index in [1.54, 1.807) is 6.07 Å². The van der Waals surface area contributed by atoms with E-state index in [9.17, 15) is 17.6 Å². The maximum absolute atomic E-state index is 14.3. The van der Waals surface area contributed by atoms with Crippen molar-refractivity contribution in [3.63, 3.8) is 0 Å². The highest BCUT2D eigenvalue weighted by atomic mass is 19.4. The molecule has 0 fully saturated rings. The lowest BCUT2D eigenvalue weighted by molar-refractivity contribution is -0.137. The van der Waals surface area contributed by atoms with Gasteiger partial charge < -0.3 is 0 Å². The standard InChI is InChI=1S/C20H12F4/c21-18-8-4-3-7-15(18)19-16-11-12-5-1-2-6-13(12)14(16)9-10-17(19)20(22,23)24/h1-10H,11H2. The molecule has 0 saturated heterocycles. The van der Waals surface area contributed by atoms with Crippen LogP contribution < -0.4 is 0 Å². The molecule has 0 nitrogen and oxygen atoms in total. The molecule has 4 heteroatoms. The lowest BCUT2D eigenvalue weighted by Crippen LogP contribution is -2.09. The Morgan fingerprint density at radius 2 is 1.38 bits per heavy atom. The molecule has 0 unspecified atom stereocenters. The fraction of sp³-hybridized carbons (Fsp3) is 0.100. The Kier molecular flexibility index (Phi) is 3.23. The Morgan fingerprint density at radius 1 is 0.708 bits per heavy atom. The largest absolute Gasteiger partial charge is 0.417 e. The summed E-state index contributed by atoms with van der Waals surface area (Å²) in [5, 5.41) is 0. The molecule has 0 bridgehead atoms. The highest BCUT2D eigenvalue weighted by Crippen LogP contribution is 2.47. The Hall–Kier alpha value is -2.62. The summed E-state index contributed by atoms with van der Waals surface area (Å²) < 4.78 is 54.9. The van der Waals surface area contributed by atoms with Crippen molar-refractivity contribution in [1.29, 1.82) is 0 Å². The number of halogens is 4. The molecule has 1 aliphatic carbocycles. The summed E-state index contributed by atoms with van der Waals surface area (Å²) in [5.41, 5.74) is 2.32. The number of fused-ring (bicyclic) bond motifs is 3. The van der Waals surface area contributed by atoms with Crippen LogP contribution in [-0.4, -0.2) is 0 Å². The van der Waals surface area contributed by atoms with Gasteiger partial charge in [0, 0.05) is 11.1 Å². The number of benzene rings is 3.